The van der Waals surface area contributed by atoms with Crippen molar-refractivity contribution in [2.24, 2.45) is 5.92 Å². The zero-order valence-electron chi connectivity index (χ0n) is 11.2. The van der Waals surface area contributed by atoms with E-state index in [0.29, 0.717) is 11.8 Å². The normalized spacial score (nSPS) is 18.6. The Balaban J connectivity index is 2.03. The summed E-state index contributed by atoms with van der Waals surface area (Å²) < 4.78 is 5.30. The fraction of sp³-hybridized carbons (Fsp3) is 0.600. The van der Waals surface area contributed by atoms with Crippen LogP contribution >= 0.6 is 11.6 Å². The van der Waals surface area contributed by atoms with Gasteiger partial charge in [0.25, 0.3) is 0 Å². The van der Waals surface area contributed by atoms with Gasteiger partial charge in [-0.15, -0.1) is 0 Å². The summed E-state index contributed by atoms with van der Waals surface area (Å²) >= 11 is 5.95. The molecule has 1 saturated carbocycles. The van der Waals surface area contributed by atoms with Crippen molar-refractivity contribution in [1.82, 2.24) is 5.32 Å². The molecule has 1 N–H and O–H groups in total. The maximum Gasteiger partial charge on any atom is 0.0494 e. The van der Waals surface area contributed by atoms with E-state index in [4.69, 9.17) is 16.3 Å². The molecule has 3 heteroatoms. The van der Waals surface area contributed by atoms with Crippen LogP contribution in [-0.2, 0) is 4.74 Å². The molecule has 1 fully saturated rings. The van der Waals surface area contributed by atoms with Crippen molar-refractivity contribution in [2.45, 2.75) is 31.7 Å². The van der Waals surface area contributed by atoms with Gasteiger partial charge in [0.2, 0.25) is 0 Å². The van der Waals surface area contributed by atoms with Crippen LogP contribution in [0.4, 0.5) is 0 Å². The molecule has 18 heavy (non-hydrogen) atoms. The van der Waals surface area contributed by atoms with Gasteiger partial charge in [0.05, 0.1) is 0 Å². The molecule has 2 atom stereocenters. The predicted molar refractivity (Wildman–Crippen MR) is 76.3 cm³/mol. The van der Waals surface area contributed by atoms with Crippen molar-refractivity contribution >= 4 is 11.6 Å². The highest BCUT2D eigenvalue weighted by atomic mass is 35.5. The molecule has 0 bridgehead atoms. The second-order valence-electron chi connectivity index (χ2n) is 5.27. The summed E-state index contributed by atoms with van der Waals surface area (Å²) in [6.07, 6.45) is 2.65. The maximum atomic E-state index is 5.95. The van der Waals surface area contributed by atoms with Crippen molar-refractivity contribution in [3.63, 3.8) is 0 Å². The van der Waals surface area contributed by atoms with E-state index in [1.807, 2.05) is 12.1 Å². The summed E-state index contributed by atoms with van der Waals surface area (Å²) in [7, 11) is 1.77. The third-order valence-electron chi connectivity index (χ3n) is 3.62. The minimum Gasteiger partial charge on any atom is -0.384 e. The van der Waals surface area contributed by atoms with Crippen molar-refractivity contribution < 1.29 is 4.74 Å². The van der Waals surface area contributed by atoms with Crippen LogP contribution in [0.1, 0.15) is 31.2 Å². The van der Waals surface area contributed by atoms with E-state index < -0.39 is 0 Å². The van der Waals surface area contributed by atoms with Gasteiger partial charge >= 0.3 is 0 Å². The largest absolute Gasteiger partial charge is 0.384 e. The van der Waals surface area contributed by atoms with E-state index in [0.717, 1.165) is 24.2 Å². The molecule has 0 aromatic heterocycles. The lowest BCUT2D eigenvalue weighted by atomic mass is 9.87. The first kappa shape index (κ1) is 13.9. The van der Waals surface area contributed by atoms with Crippen molar-refractivity contribution in [1.29, 1.82) is 0 Å². The highest BCUT2D eigenvalue weighted by Crippen LogP contribution is 2.27. The van der Waals surface area contributed by atoms with Crippen molar-refractivity contribution in [3.05, 3.63) is 34.9 Å². The molecular formula is C15H22ClNO. The number of benzene rings is 1. The molecule has 0 radical (unpaired) electrons. The molecule has 0 amide bonds. The Bertz CT molecular complexity index is 361. The summed E-state index contributed by atoms with van der Waals surface area (Å²) in [5.74, 6) is 0.991. The number of hydrogen-bond donors (Lipinski definition) is 1. The van der Waals surface area contributed by atoms with Crippen molar-refractivity contribution in [2.75, 3.05) is 20.3 Å². The van der Waals surface area contributed by atoms with Crippen LogP contribution in [0.15, 0.2) is 24.3 Å². The van der Waals surface area contributed by atoms with Gasteiger partial charge in [0.1, 0.15) is 0 Å². The minimum absolute atomic E-state index is 0.489. The molecule has 2 rings (SSSR count). The minimum atomic E-state index is 0.489. The topological polar surface area (TPSA) is 21.3 Å². The highest BCUT2D eigenvalue weighted by Gasteiger charge is 2.25. The molecule has 1 aromatic rings. The lowest BCUT2D eigenvalue weighted by Gasteiger charge is -2.24. The zero-order valence-corrected chi connectivity index (χ0v) is 11.9. The van der Waals surface area contributed by atoms with Gasteiger partial charge in [-0.1, -0.05) is 30.7 Å². The summed E-state index contributed by atoms with van der Waals surface area (Å²) in [4.78, 5) is 0. The van der Waals surface area contributed by atoms with Crippen LogP contribution in [0.25, 0.3) is 0 Å². The first-order valence-corrected chi connectivity index (χ1v) is 7.06. The molecule has 1 aromatic carbocycles. The molecule has 100 valence electrons. The molecule has 1 aliphatic rings. The summed E-state index contributed by atoms with van der Waals surface area (Å²) in [6, 6.07) is 8.96. The number of rotatable bonds is 7. The van der Waals surface area contributed by atoms with Crippen LogP contribution in [0.5, 0.6) is 0 Å². The molecule has 0 heterocycles. The quantitative estimate of drug-likeness (QED) is 0.817. The van der Waals surface area contributed by atoms with Gasteiger partial charge in [0, 0.05) is 37.2 Å². The molecule has 2 unspecified atom stereocenters. The maximum absolute atomic E-state index is 5.95. The highest BCUT2D eigenvalue weighted by molar-refractivity contribution is 6.30. The van der Waals surface area contributed by atoms with Gasteiger partial charge in [-0.3, -0.25) is 0 Å². The number of halogens is 1. The van der Waals surface area contributed by atoms with Gasteiger partial charge < -0.3 is 10.1 Å². The van der Waals surface area contributed by atoms with Gasteiger partial charge in [-0.2, -0.15) is 0 Å². The van der Waals surface area contributed by atoms with Crippen molar-refractivity contribution in [3.8, 4) is 0 Å². The van der Waals surface area contributed by atoms with Crippen LogP contribution in [-0.4, -0.2) is 26.3 Å². The van der Waals surface area contributed by atoms with Crippen LogP contribution < -0.4 is 5.32 Å². The fourth-order valence-electron chi connectivity index (χ4n) is 2.32. The molecular weight excluding hydrogens is 246 g/mol. The molecule has 0 spiro atoms. The average Bonchev–Trinajstić information content (AvgIpc) is 3.16. The molecule has 0 saturated heterocycles. The van der Waals surface area contributed by atoms with E-state index >= 15 is 0 Å². The first-order chi connectivity index (χ1) is 8.70. The third-order valence-corrected chi connectivity index (χ3v) is 3.87. The summed E-state index contributed by atoms with van der Waals surface area (Å²) in [5.41, 5.74) is 1.34. The Morgan fingerprint density at radius 3 is 2.56 bits per heavy atom. The zero-order chi connectivity index (χ0) is 13.0. The lowest BCUT2D eigenvalue weighted by molar-refractivity contribution is 0.146. The van der Waals surface area contributed by atoms with Gasteiger partial charge in [-0.05, 0) is 36.5 Å². The molecule has 1 aliphatic carbocycles. The van der Waals surface area contributed by atoms with E-state index in [1.165, 1.54) is 18.4 Å². The smallest absolute Gasteiger partial charge is 0.0494 e. The summed E-state index contributed by atoms with van der Waals surface area (Å²) in [5, 5.41) is 4.42. The van der Waals surface area contributed by atoms with Crippen LogP contribution in [0.2, 0.25) is 5.02 Å². The van der Waals surface area contributed by atoms with Crippen LogP contribution in [0, 0.1) is 5.92 Å². The second kappa shape index (κ2) is 6.55. The molecule has 2 nitrogen and oxygen atoms in total. The SMILES string of the molecule is COCC(C)C(CNC1CC1)c1ccc(Cl)cc1. The third kappa shape index (κ3) is 3.98. The fourth-order valence-corrected chi connectivity index (χ4v) is 2.44. The predicted octanol–water partition coefficient (Wildman–Crippen LogP) is 3.46. The lowest BCUT2D eigenvalue weighted by Crippen LogP contribution is -2.28. The van der Waals surface area contributed by atoms with E-state index in [9.17, 15) is 0 Å². The van der Waals surface area contributed by atoms with E-state index in [2.05, 4.69) is 24.4 Å². The standard InChI is InChI=1S/C15H22ClNO/c1-11(10-18-2)15(9-17-14-7-8-14)12-3-5-13(16)6-4-12/h3-6,11,14-15,17H,7-10H2,1-2H3. The Morgan fingerprint density at radius 2 is 2.00 bits per heavy atom. The van der Waals surface area contributed by atoms with Crippen LogP contribution in [0.3, 0.4) is 0 Å². The first-order valence-electron chi connectivity index (χ1n) is 6.68. The van der Waals surface area contributed by atoms with Gasteiger partial charge in [-0.25, -0.2) is 0 Å². The number of hydrogen-bond acceptors (Lipinski definition) is 2. The van der Waals surface area contributed by atoms with E-state index in [1.54, 1.807) is 7.11 Å². The number of nitrogens with one attached hydrogen (secondary N) is 1. The average molecular weight is 268 g/mol. The summed E-state index contributed by atoms with van der Waals surface area (Å²) in [6.45, 7) is 4.06. The molecule has 0 aliphatic heterocycles. The van der Waals surface area contributed by atoms with Gasteiger partial charge in [0.15, 0.2) is 0 Å². The monoisotopic (exact) mass is 267 g/mol. The number of ether oxygens (including phenoxy) is 1. The Morgan fingerprint density at radius 1 is 1.33 bits per heavy atom. The Hall–Kier alpha value is -0.570. The second-order valence-corrected chi connectivity index (χ2v) is 5.71. The number of methoxy groups -OCH3 is 1. The Kier molecular flexibility index (Phi) is 5.04. The van der Waals surface area contributed by atoms with E-state index in [-0.39, 0.29) is 0 Å². The Labute approximate surface area is 115 Å².